The van der Waals surface area contributed by atoms with Gasteiger partial charge in [0.15, 0.2) is 0 Å². The molecule has 0 saturated carbocycles. The van der Waals surface area contributed by atoms with E-state index in [2.05, 4.69) is 0 Å². The fourth-order valence-electron chi connectivity index (χ4n) is 0. The summed E-state index contributed by atoms with van der Waals surface area (Å²) < 4.78 is 0. The maximum absolute atomic E-state index is 8.42. The molecule has 0 bridgehead atoms. The van der Waals surface area contributed by atoms with Crippen molar-refractivity contribution in [2.75, 3.05) is 0 Å². The van der Waals surface area contributed by atoms with Gasteiger partial charge in [0.25, 0.3) is 0 Å². The van der Waals surface area contributed by atoms with Crippen LogP contribution < -0.4 is 309 Å². The summed E-state index contributed by atoms with van der Waals surface area (Å²) in [4.78, 5) is 0. The van der Waals surface area contributed by atoms with Crippen LogP contribution in [0.15, 0.2) is 0 Å². The molecule has 0 heterocycles. The van der Waals surface area contributed by atoms with E-state index in [1.54, 1.807) is 0 Å². The van der Waals surface area contributed by atoms with Gasteiger partial charge in [0.05, 0.1) is 0 Å². The Balaban J connectivity index is -0.00000000947. The van der Waals surface area contributed by atoms with Crippen LogP contribution in [0.25, 0.3) is 0 Å². The zero-order valence-corrected chi connectivity index (χ0v) is 24.4. The third kappa shape index (κ3) is 2950. The first-order valence-electron chi connectivity index (χ1n) is 5.66. The molecule has 0 aliphatic heterocycles. The fraction of sp³-hybridized carbons (Fsp3) is 0. The number of hydrogen-bond donors (Lipinski definition) is 0. The van der Waals surface area contributed by atoms with Crippen molar-refractivity contribution in [3.05, 3.63) is 0 Å². The summed E-state index contributed by atoms with van der Waals surface area (Å²) in [6, 6.07) is 0. The summed E-state index contributed by atoms with van der Waals surface area (Å²) in [6.07, 6.45) is 0. The van der Waals surface area contributed by atoms with Crippen LogP contribution in [0.3, 0.4) is 0 Å². The first kappa shape index (κ1) is 118. The molecule has 42 heavy (non-hydrogen) atoms. The second-order valence-corrected chi connectivity index (χ2v) is 2.31. The summed E-state index contributed by atoms with van der Waals surface area (Å²) in [6.45, 7) is 0. The summed E-state index contributed by atoms with van der Waals surface area (Å²) in [5.74, 6) is 0. The Hall–Kier alpha value is 5.53. The van der Waals surface area contributed by atoms with Gasteiger partial charge in [0, 0.05) is 0 Å². The van der Waals surface area contributed by atoms with Crippen molar-refractivity contribution < 1.29 is 309 Å². The van der Waals surface area contributed by atoms with E-state index in [1.165, 1.54) is 0 Å². The predicted octanol–water partition coefficient (Wildman–Crippen LogP) is -61.5. The average molecular weight is 540 g/mol. The quantitative estimate of drug-likeness (QED) is 0.257. The van der Waals surface area contributed by atoms with Gasteiger partial charge in [-0.15, -0.1) is 0 Å². The van der Waals surface area contributed by atoms with Gasteiger partial charge in [-0.2, -0.15) is 0 Å². The van der Waals surface area contributed by atoms with Crippen molar-refractivity contribution in [3.63, 3.8) is 0 Å². The Kier molecular flexibility index (Phi) is 311. The molecule has 0 aliphatic rings. The molecule has 0 aromatic carbocycles. The molecule has 42 heteroatoms. The Morgan fingerprint density at radius 3 is 0.119 bits per heavy atom. The Bertz CT molecular complexity index is 169. The van der Waals surface area contributed by atoms with Crippen LogP contribution >= 0.6 is 0 Å². The van der Waals surface area contributed by atoms with Crippen molar-refractivity contribution in [3.8, 4) is 0 Å². The molecule has 0 atom stereocenters. The van der Waals surface area contributed by atoms with Crippen LogP contribution in [-0.4, -0.2) is 58.6 Å². The first-order valence-corrected chi connectivity index (χ1v) is 5.66. The molecule has 0 rings (SSSR count). The molecule has 0 aromatic rings. The van der Waals surface area contributed by atoms with E-state index in [4.69, 9.17) is 121 Å². The second-order valence-electron chi connectivity index (χ2n) is 2.31. The third-order valence-electron chi connectivity index (χ3n) is 0. The molecule has 192 valence electrons. The topological polar surface area (TPSA) is 553 Å². The van der Waals surface area contributed by atoms with Crippen LogP contribution in [-0.2, 0) is 0 Å². The van der Waals surface area contributed by atoms with Gasteiger partial charge in [-0.3, -0.25) is 58.6 Å². The summed E-state index contributed by atoms with van der Waals surface area (Å²) in [5, 5.41) is 202. The minimum Gasteiger partial charge on any atom is -0.907 e. The molecule has 0 unspecified atom stereocenters. The van der Waals surface area contributed by atoms with E-state index < -0.39 is 58.6 Å². The van der Waals surface area contributed by atoms with E-state index in [9.17, 15) is 0 Å². The zero-order chi connectivity index (χ0) is 28.6. The van der Waals surface area contributed by atoms with Crippen LogP contribution in [0.5, 0.6) is 0 Å². The van der Waals surface area contributed by atoms with Gasteiger partial charge < -0.3 is 121 Å². The molecule has 0 N–H and O–H groups in total. The van der Waals surface area contributed by atoms with Gasteiger partial charge >= 0.3 is 189 Å². The maximum Gasteiger partial charge on any atom is 1.00 e. The van der Waals surface area contributed by atoms with Gasteiger partial charge in [-0.25, -0.2) is 0 Å². The van der Waals surface area contributed by atoms with Crippen LogP contribution in [0.4, 0.5) is 0 Å². The van der Waals surface area contributed by atoms with Gasteiger partial charge in [0.1, 0.15) is 0 Å². The molecule has 0 amide bonds. The van der Waals surface area contributed by atoms with E-state index in [-0.39, 0.29) is 189 Å². The van der Waals surface area contributed by atoms with Gasteiger partial charge in [-0.05, 0) is 0 Å². The average Bonchev–Trinajstić information content (AvgIpc) is 2.30. The smallest absolute Gasteiger partial charge is 0.907 e. The maximum atomic E-state index is 8.42. The van der Waals surface area contributed by atoms with Crippen molar-refractivity contribution >= 4 is 58.6 Å². The minimum absolute atomic E-state index is 0. The van der Waals surface area contributed by atoms with E-state index >= 15 is 0 Å². The second kappa shape index (κ2) is 111. The molecule has 24 nitrogen and oxygen atoms in total. The molecule has 0 fully saturated rings. The molecule has 0 spiro atoms. The zero-order valence-electron chi connectivity index (χ0n) is 24.4. The summed E-state index contributed by atoms with van der Waals surface area (Å²) >= 11 is 0. The Morgan fingerprint density at radius 2 is 0.119 bits per heavy atom. The van der Waals surface area contributed by atoms with Crippen molar-refractivity contribution in [1.29, 1.82) is 0 Å². The largest absolute Gasteiger partial charge is 1.00 e. The molecule has 0 aromatic heterocycles. The molecular weight excluding hydrogens is 540 g/mol. The summed E-state index contributed by atoms with van der Waals surface area (Å²) in [5.41, 5.74) is 0. The van der Waals surface area contributed by atoms with Gasteiger partial charge in [0.2, 0.25) is 0 Å². The van der Waals surface area contributed by atoms with Crippen molar-refractivity contribution in [2.24, 2.45) is 0 Å². The summed E-state index contributed by atoms with van der Waals surface area (Å²) in [7, 11) is -23.3. The first-order chi connectivity index (χ1) is 13.9. The van der Waals surface area contributed by atoms with Crippen LogP contribution in [0, 0.1) is 0 Å². The monoisotopic (exact) mass is 542 g/mol. The van der Waals surface area contributed by atoms with Gasteiger partial charge in [-0.1, -0.05) is 0 Å². The predicted molar refractivity (Wildman–Crippen MR) is 46.0 cm³/mol. The standard InChI is InChI=1S/8BO3.10Li/c8*2-1(3)4;;;;;;;;;;/q8*-3;10*+1. The van der Waals surface area contributed by atoms with Crippen molar-refractivity contribution in [2.45, 2.75) is 0 Å². The minimum atomic E-state index is -2.92. The van der Waals surface area contributed by atoms with E-state index in [0.717, 1.165) is 0 Å². The number of rotatable bonds is 0. The molecule has 0 radical (unpaired) electrons. The Labute approximate surface area is 363 Å². The van der Waals surface area contributed by atoms with Crippen LogP contribution in [0.2, 0.25) is 0 Å². The van der Waals surface area contributed by atoms with E-state index in [0.29, 0.717) is 0 Å². The van der Waals surface area contributed by atoms with Crippen LogP contribution in [0.1, 0.15) is 0 Å². The SMILES string of the molecule is [Li+].[Li+].[Li+].[Li+].[Li+].[Li+].[Li+].[Li+].[Li+].[Li+].[O-]B([O-])[O-].[O-]B([O-])[O-].[O-]B([O-])[O-].[O-]B([O-])[O-].[O-]B([O-])[O-].[O-]B([O-])[O-].[O-]B([O-])[O-].[O-]B([O-])[O-]. The Morgan fingerprint density at radius 1 is 0.119 bits per heavy atom. The fourth-order valence-corrected chi connectivity index (χ4v) is 0. The number of hydrogen-bond acceptors (Lipinski definition) is 24. The van der Waals surface area contributed by atoms with E-state index in [1.807, 2.05) is 0 Å². The molecule has 0 saturated heterocycles. The molecular formula is B8Li10O24-14. The third-order valence-corrected chi connectivity index (χ3v) is 0. The van der Waals surface area contributed by atoms with Crippen molar-refractivity contribution in [1.82, 2.24) is 0 Å². The molecule has 0 aliphatic carbocycles. The normalized spacial score (nSPS) is 5.14.